The molecule has 0 unspecified atom stereocenters. The molecule has 0 atom stereocenters. The predicted molar refractivity (Wildman–Crippen MR) is 87.0 cm³/mol. The van der Waals surface area contributed by atoms with Gasteiger partial charge < -0.3 is 19.5 Å². The highest BCUT2D eigenvalue weighted by Gasteiger charge is 2.43. The van der Waals surface area contributed by atoms with Crippen LogP contribution in [-0.2, 0) is 9.59 Å². The van der Waals surface area contributed by atoms with Crippen LogP contribution in [0.1, 0.15) is 33.3 Å². The molecule has 1 aliphatic rings. The zero-order valence-electron chi connectivity index (χ0n) is 13.9. The van der Waals surface area contributed by atoms with Crippen LogP contribution in [-0.4, -0.2) is 35.7 Å². The summed E-state index contributed by atoms with van der Waals surface area (Å²) in [6.45, 7) is 7.25. The lowest BCUT2D eigenvalue weighted by Crippen LogP contribution is -2.54. The smallest absolute Gasteiger partial charge is 0.328 e. The van der Waals surface area contributed by atoms with Gasteiger partial charge >= 0.3 is 5.97 Å². The van der Waals surface area contributed by atoms with E-state index in [2.05, 4.69) is 0 Å². The zero-order chi connectivity index (χ0) is 17.4. The molecule has 1 N–H and O–H groups in total. The maximum atomic E-state index is 12.7. The van der Waals surface area contributed by atoms with Crippen molar-refractivity contribution < 1.29 is 24.2 Å². The van der Waals surface area contributed by atoms with E-state index < -0.39 is 11.6 Å². The van der Waals surface area contributed by atoms with Gasteiger partial charge in [0.25, 0.3) is 5.91 Å². The summed E-state index contributed by atoms with van der Waals surface area (Å²) in [5.41, 5.74) is 0.196. The third-order valence-electron chi connectivity index (χ3n) is 3.56. The third-order valence-corrected chi connectivity index (χ3v) is 3.56. The summed E-state index contributed by atoms with van der Waals surface area (Å²) in [5.74, 6) is -0.255. The normalized spacial score (nSPS) is 16.4. The molecule has 6 heteroatoms. The molecule has 1 aliphatic heterocycles. The Morgan fingerprint density at radius 2 is 2.04 bits per heavy atom. The van der Waals surface area contributed by atoms with Crippen LogP contribution in [0.15, 0.2) is 18.2 Å². The number of hydrogen-bond donors (Lipinski definition) is 1. The first-order valence-electron chi connectivity index (χ1n) is 7.33. The van der Waals surface area contributed by atoms with Crippen molar-refractivity contribution in [2.24, 2.45) is 0 Å². The fourth-order valence-electron chi connectivity index (χ4n) is 2.52. The topological polar surface area (TPSA) is 76.1 Å². The number of ether oxygens (including phenoxy) is 2. The number of fused-ring (bicyclic) bond motifs is 1. The maximum absolute atomic E-state index is 12.7. The summed E-state index contributed by atoms with van der Waals surface area (Å²) in [4.78, 5) is 25.0. The second kappa shape index (κ2) is 5.95. The highest BCUT2D eigenvalue weighted by atomic mass is 16.5. The van der Waals surface area contributed by atoms with Crippen LogP contribution in [0.2, 0.25) is 0 Å². The van der Waals surface area contributed by atoms with Crippen LogP contribution in [0, 0.1) is 0 Å². The number of amides is 1. The molecule has 0 saturated carbocycles. The van der Waals surface area contributed by atoms with Gasteiger partial charge in [0.05, 0.1) is 12.8 Å². The van der Waals surface area contributed by atoms with E-state index in [0.717, 1.165) is 6.08 Å². The molecule has 1 aromatic carbocycles. The monoisotopic (exact) mass is 319 g/mol. The van der Waals surface area contributed by atoms with Crippen molar-refractivity contribution in [3.05, 3.63) is 23.8 Å². The van der Waals surface area contributed by atoms with Crippen molar-refractivity contribution in [3.63, 3.8) is 0 Å². The van der Waals surface area contributed by atoms with Crippen molar-refractivity contribution in [2.45, 2.75) is 39.3 Å². The second-order valence-electron chi connectivity index (χ2n) is 6.12. The number of methoxy groups -OCH3 is 1. The number of benzene rings is 1. The van der Waals surface area contributed by atoms with E-state index in [4.69, 9.17) is 14.6 Å². The quantitative estimate of drug-likeness (QED) is 0.864. The Labute approximate surface area is 135 Å². The highest BCUT2D eigenvalue weighted by Crippen LogP contribution is 2.46. The minimum Gasteiger partial charge on any atom is -0.493 e. The highest BCUT2D eigenvalue weighted by molar-refractivity contribution is 6.03. The van der Waals surface area contributed by atoms with Crippen LogP contribution in [0.3, 0.4) is 0 Å². The summed E-state index contributed by atoms with van der Waals surface area (Å²) in [6, 6.07) is 3.33. The Kier molecular flexibility index (Phi) is 4.36. The van der Waals surface area contributed by atoms with Gasteiger partial charge in [-0.1, -0.05) is 0 Å². The summed E-state index contributed by atoms with van der Waals surface area (Å²) in [6.07, 6.45) is 2.49. The van der Waals surface area contributed by atoms with E-state index in [-0.39, 0.29) is 11.9 Å². The van der Waals surface area contributed by atoms with Gasteiger partial charge in [-0.15, -0.1) is 0 Å². The molecule has 1 aromatic rings. The Morgan fingerprint density at radius 3 is 2.57 bits per heavy atom. The fraction of sp³-hybridized carbons (Fsp3) is 0.412. The lowest BCUT2D eigenvalue weighted by atomic mass is 10.0. The lowest BCUT2D eigenvalue weighted by Gasteiger charge is -2.41. The number of nitrogens with zero attached hydrogens (tertiary/aromatic N) is 1. The van der Waals surface area contributed by atoms with Gasteiger partial charge in [0.1, 0.15) is 0 Å². The van der Waals surface area contributed by atoms with Crippen LogP contribution in [0.4, 0.5) is 5.69 Å². The molecule has 0 fully saturated rings. The summed E-state index contributed by atoms with van der Waals surface area (Å²) in [7, 11) is 1.51. The molecule has 0 saturated heterocycles. The first-order valence-corrected chi connectivity index (χ1v) is 7.33. The van der Waals surface area contributed by atoms with Crippen LogP contribution < -0.4 is 14.4 Å². The molecule has 1 heterocycles. The van der Waals surface area contributed by atoms with E-state index >= 15 is 0 Å². The second-order valence-corrected chi connectivity index (χ2v) is 6.12. The van der Waals surface area contributed by atoms with Gasteiger partial charge in [0, 0.05) is 12.1 Å². The molecule has 0 spiro atoms. The first-order chi connectivity index (χ1) is 10.7. The molecular formula is C17H21NO5. The van der Waals surface area contributed by atoms with E-state index in [0.29, 0.717) is 22.7 Å². The minimum absolute atomic E-state index is 0.0761. The standard InChI is InChI=1S/C17H21NO5/c1-10(2)18-12-8-11(6-7-14(19)20)9-13(22-5)15(12)23-17(3,4)16(18)21/h6-10H,1-5H3,(H,19,20)/b7-6+. The fourth-order valence-corrected chi connectivity index (χ4v) is 2.52. The average molecular weight is 319 g/mol. The largest absolute Gasteiger partial charge is 0.493 e. The number of aliphatic carboxylic acids is 1. The van der Waals surface area contributed by atoms with Crippen LogP contribution >= 0.6 is 0 Å². The van der Waals surface area contributed by atoms with Crippen molar-refractivity contribution in [1.82, 2.24) is 0 Å². The number of anilines is 1. The Balaban J connectivity index is 2.65. The molecule has 0 radical (unpaired) electrons. The Morgan fingerprint density at radius 1 is 1.39 bits per heavy atom. The number of carbonyl (C=O) groups is 2. The molecule has 23 heavy (non-hydrogen) atoms. The van der Waals surface area contributed by atoms with Gasteiger partial charge in [-0.2, -0.15) is 0 Å². The van der Waals surface area contributed by atoms with Gasteiger partial charge in [-0.3, -0.25) is 4.79 Å². The number of carboxylic acid groups (broad SMARTS) is 1. The summed E-state index contributed by atoms with van der Waals surface area (Å²) >= 11 is 0. The average Bonchev–Trinajstić information content (AvgIpc) is 2.45. The Bertz CT molecular complexity index is 676. The molecule has 1 amide bonds. The molecule has 6 nitrogen and oxygen atoms in total. The van der Waals surface area contributed by atoms with E-state index in [1.54, 1.807) is 30.9 Å². The minimum atomic E-state index is -1.05. The van der Waals surface area contributed by atoms with Gasteiger partial charge in [0.2, 0.25) is 0 Å². The van der Waals surface area contributed by atoms with Crippen molar-refractivity contribution >= 4 is 23.6 Å². The zero-order valence-corrected chi connectivity index (χ0v) is 13.9. The predicted octanol–water partition coefficient (Wildman–Crippen LogP) is 2.71. The molecule has 0 bridgehead atoms. The van der Waals surface area contributed by atoms with Crippen molar-refractivity contribution in [3.8, 4) is 11.5 Å². The van der Waals surface area contributed by atoms with Crippen molar-refractivity contribution in [2.75, 3.05) is 12.0 Å². The van der Waals surface area contributed by atoms with Gasteiger partial charge in [-0.25, -0.2) is 4.79 Å². The molecular weight excluding hydrogens is 298 g/mol. The van der Waals surface area contributed by atoms with Crippen molar-refractivity contribution in [1.29, 1.82) is 0 Å². The molecule has 2 rings (SSSR count). The number of carboxylic acids is 1. The van der Waals surface area contributed by atoms with E-state index in [9.17, 15) is 9.59 Å². The molecule has 0 aliphatic carbocycles. The van der Waals surface area contributed by atoms with E-state index in [1.807, 2.05) is 13.8 Å². The number of carbonyl (C=O) groups excluding carboxylic acids is 1. The number of rotatable bonds is 4. The first kappa shape index (κ1) is 16.9. The van der Waals surface area contributed by atoms with Crippen LogP contribution in [0.25, 0.3) is 6.08 Å². The van der Waals surface area contributed by atoms with Crippen LogP contribution in [0.5, 0.6) is 11.5 Å². The third kappa shape index (κ3) is 3.16. The SMILES string of the molecule is COc1cc(/C=C/C(=O)O)cc2c1OC(C)(C)C(=O)N2C(C)C. The van der Waals surface area contributed by atoms with Gasteiger partial charge in [-0.05, 0) is 51.5 Å². The lowest BCUT2D eigenvalue weighted by molar-refractivity contribution is -0.133. The van der Waals surface area contributed by atoms with E-state index in [1.165, 1.54) is 13.2 Å². The van der Waals surface area contributed by atoms with Gasteiger partial charge in [0.15, 0.2) is 17.1 Å². The maximum Gasteiger partial charge on any atom is 0.328 e. The Hall–Kier alpha value is -2.50. The molecule has 0 aromatic heterocycles. The number of hydrogen-bond acceptors (Lipinski definition) is 4. The summed E-state index contributed by atoms with van der Waals surface area (Å²) < 4.78 is 11.2. The summed E-state index contributed by atoms with van der Waals surface area (Å²) in [5, 5.41) is 8.78. The molecule has 124 valence electrons.